The molecule has 3 saturated heterocycles. The predicted molar refractivity (Wildman–Crippen MR) is 230 cm³/mol. The van der Waals surface area contributed by atoms with E-state index in [0.717, 1.165) is 91.9 Å². The highest BCUT2D eigenvalue weighted by Gasteiger charge is 2.30. The molecule has 0 saturated carbocycles. The van der Waals surface area contributed by atoms with Gasteiger partial charge < -0.3 is 39.7 Å². The number of hydrogen-bond donors (Lipinski definition) is 3. The van der Waals surface area contributed by atoms with E-state index >= 15 is 0 Å². The Morgan fingerprint density at radius 2 is 1.79 bits per heavy atom. The summed E-state index contributed by atoms with van der Waals surface area (Å²) in [5, 5.41) is 23.0. The highest BCUT2D eigenvalue weighted by molar-refractivity contribution is 5.96. The van der Waals surface area contributed by atoms with Crippen molar-refractivity contribution in [3.05, 3.63) is 107 Å². The molecule has 302 valence electrons. The van der Waals surface area contributed by atoms with Crippen LogP contribution in [0.2, 0.25) is 0 Å². The Labute approximate surface area is 343 Å². The standard InChI is InChI=1S/C46H55N9O3/c1-31-8-11-40-38(44(31)54-18-5-17-48-30-54)16-23-55(40)35-14-19-51(20-15-35)28-33-12-21-52(22-13-33)46(57)34-9-10-36(32(2)26-34)43-29-53(24-25-58-43)41-27-39(49-50-45(41)47)37-6-3-4-7-42(37)56/h3-11,16,18,23,26-27,33,35,43,48,56H,12-15,17,19-22,24-25,28-30H2,1-2H3,(H2,47,50)/i17D,30D/t17?,30-,43?/m0/s1. The number of carbonyl (C=O) groups excluding carboxylic acids is 1. The van der Waals surface area contributed by atoms with Crippen LogP contribution in [-0.2, 0) is 4.74 Å². The summed E-state index contributed by atoms with van der Waals surface area (Å²) in [7, 11) is 0. The highest BCUT2D eigenvalue weighted by Crippen LogP contribution is 2.37. The Hall–Kier alpha value is -5.43. The lowest BCUT2D eigenvalue weighted by Crippen LogP contribution is -2.43. The van der Waals surface area contributed by atoms with Gasteiger partial charge in [-0.25, -0.2) is 0 Å². The molecule has 12 heteroatoms. The van der Waals surface area contributed by atoms with Gasteiger partial charge in [-0.15, -0.1) is 10.2 Å². The van der Waals surface area contributed by atoms with Gasteiger partial charge >= 0.3 is 0 Å². The molecule has 1 amide bonds. The zero-order valence-corrected chi connectivity index (χ0v) is 33.4. The fourth-order valence-corrected chi connectivity index (χ4v) is 9.43. The number of ether oxygens (including phenoxy) is 1. The van der Waals surface area contributed by atoms with Crippen molar-refractivity contribution in [2.24, 2.45) is 5.92 Å². The van der Waals surface area contributed by atoms with E-state index < -0.39 is 13.2 Å². The number of phenolic OH excluding ortho intramolecular Hbond substituents is 1. The number of likely N-dealkylation sites (tertiary alicyclic amines) is 2. The zero-order valence-electron chi connectivity index (χ0n) is 35.4. The second kappa shape index (κ2) is 16.4. The van der Waals surface area contributed by atoms with Crippen LogP contribution in [0.3, 0.4) is 0 Å². The summed E-state index contributed by atoms with van der Waals surface area (Å²) < 4.78 is 25.2. The smallest absolute Gasteiger partial charge is 0.253 e. The number of anilines is 3. The first kappa shape index (κ1) is 35.7. The first-order valence-corrected chi connectivity index (χ1v) is 20.7. The average Bonchev–Trinajstić information content (AvgIpc) is 3.69. The molecule has 9 rings (SSSR count). The van der Waals surface area contributed by atoms with E-state index in [1.54, 1.807) is 18.2 Å². The second-order valence-corrected chi connectivity index (χ2v) is 16.3. The fraction of sp³-hybridized carbons (Fsp3) is 0.413. The average molecular weight is 784 g/mol. The number of nitrogens with one attached hydrogen (secondary N) is 1. The number of piperidine rings is 2. The van der Waals surface area contributed by atoms with E-state index in [9.17, 15) is 9.90 Å². The summed E-state index contributed by atoms with van der Waals surface area (Å²) in [6.07, 6.45) is 9.87. The number of aromatic nitrogens is 3. The van der Waals surface area contributed by atoms with Gasteiger partial charge in [-0.2, -0.15) is 0 Å². The van der Waals surface area contributed by atoms with Crippen molar-refractivity contribution in [3.63, 3.8) is 0 Å². The van der Waals surface area contributed by atoms with Crippen molar-refractivity contribution >= 4 is 34.0 Å². The number of nitrogens with zero attached hydrogens (tertiary/aromatic N) is 7. The first-order chi connectivity index (χ1) is 29.1. The summed E-state index contributed by atoms with van der Waals surface area (Å²) in [5.41, 5.74) is 14.4. The van der Waals surface area contributed by atoms with E-state index in [4.69, 9.17) is 13.2 Å². The zero-order chi connectivity index (χ0) is 41.5. The molecule has 4 N–H and O–H groups in total. The van der Waals surface area contributed by atoms with Crippen LogP contribution in [-0.4, -0.2) is 101 Å². The number of hydrogen-bond acceptors (Lipinski definition) is 10. The Bertz CT molecular complexity index is 2390. The van der Waals surface area contributed by atoms with Gasteiger partial charge in [-0.3, -0.25) is 10.1 Å². The minimum Gasteiger partial charge on any atom is -0.507 e. The normalized spacial score (nSPS) is 23.0. The Morgan fingerprint density at radius 1 is 0.966 bits per heavy atom. The number of phenols is 1. The van der Waals surface area contributed by atoms with Crippen molar-refractivity contribution in [2.45, 2.75) is 51.7 Å². The highest BCUT2D eigenvalue weighted by atomic mass is 16.5. The second-order valence-electron chi connectivity index (χ2n) is 16.3. The quantitative estimate of drug-likeness (QED) is 0.158. The van der Waals surface area contributed by atoms with Crippen molar-refractivity contribution in [2.75, 3.05) is 81.1 Å². The lowest BCUT2D eigenvalue weighted by atomic mass is 9.93. The Kier molecular flexibility index (Phi) is 10.1. The van der Waals surface area contributed by atoms with Crippen LogP contribution in [0.4, 0.5) is 17.2 Å². The minimum atomic E-state index is -0.697. The monoisotopic (exact) mass is 783 g/mol. The van der Waals surface area contributed by atoms with Crippen molar-refractivity contribution in [1.82, 2.24) is 29.9 Å². The van der Waals surface area contributed by atoms with Crippen LogP contribution < -0.4 is 20.9 Å². The maximum absolute atomic E-state index is 13.8. The largest absolute Gasteiger partial charge is 0.507 e. The molecule has 4 aliphatic rings. The number of carbonyl (C=O) groups is 1. The number of rotatable bonds is 8. The van der Waals surface area contributed by atoms with Gasteiger partial charge in [0, 0.05) is 88.7 Å². The van der Waals surface area contributed by atoms with Crippen LogP contribution in [0.5, 0.6) is 5.75 Å². The molecule has 6 heterocycles. The number of para-hydroxylation sites is 1. The van der Waals surface area contributed by atoms with Crippen molar-refractivity contribution in [3.8, 4) is 17.0 Å². The maximum atomic E-state index is 13.8. The van der Waals surface area contributed by atoms with Crippen molar-refractivity contribution < 1.29 is 17.4 Å². The number of benzene rings is 3. The number of nitrogen functional groups attached to an aromatic ring is 1. The number of nitrogens with two attached hydrogens (primary N) is 1. The summed E-state index contributed by atoms with van der Waals surface area (Å²) in [4.78, 5) is 22.5. The van der Waals surface area contributed by atoms with E-state index in [1.165, 1.54) is 5.52 Å². The molecule has 3 aromatic carbocycles. The molecule has 2 aromatic heterocycles. The first-order valence-electron chi connectivity index (χ1n) is 21.8. The number of morpholine rings is 1. The van der Waals surface area contributed by atoms with Crippen LogP contribution in [0, 0.1) is 19.8 Å². The molecule has 5 aromatic rings. The predicted octanol–water partition coefficient (Wildman–Crippen LogP) is 6.65. The number of aromatic hydroxyl groups is 1. The number of fused-ring (bicyclic) bond motifs is 1. The topological polar surface area (TPSA) is 128 Å². The van der Waals surface area contributed by atoms with Gasteiger partial charge in [0.15, 0.2) is 5.82 Å². The van der Waals surface area contributed by atoms with Gasteiger partial charge in [0.25, 0.3) is 5.91 Å². The fourth-order valence-electron chi connectivity index (χ4n) is 9.43. The van der Waals surface area contributed by atoms with E-state index in [1.807, 2.05) is 59.3 Å². The van der Waals surface area contributed by atoms with Crippen LogP contribution in [0.25, 0.3) is 22.2 Å². The molecular weight excluding hydrogens is 727 g/mol. The van der Waals surface area contributed by atoms with Gasteiger partial charge in [0.2, 0.25) is 0 Å². The molecule has 3 atom stereocenters. The summed E-state index contributed by atoms with van der Waals surface area (Å²) in [6, 6.07) is 21.9. The molecule has 12 nitrogen and oxygen atoms in total. The van der Waals surface area contributed by atoms with E-state index in [-0.39, 0.29) is 17.8 Å². The molecule has 58 heavy (non-hydrogen) atoms. The minimum absolute atomic E-state index is 0.0890. The third kappa shape index (κ3) is 7.64. The third-order valence-electron chi connectivity index (χ3n) is 12.6. The Balaban J connectivity index is 0.775. The summed E-state index contributed by atoms with van der Waals surface area (Å²) in [6.45, 7) is 9.32. The van der Waals surface area contributed by atoms with Crippen molar-refractivity contribution in [1.29, 1.82) is 0 Å². The lowest BCUT2D eigenvalue weighted by molar-refractivity contribution is 0.0394. The molecule has 3 fully saturated rings. The molecule has 0 bridgehead atoms. The number of amides is 1. The van der Waals surface area contributed by atoms with E-state index in [2.05, 4.69) is 61.2 Å². The van der Waals surface area contributed by atoms with E-state index in [0.29, 0.717) is 54.3 Å². The Morgan fingerprint density at radius 3 is 2.59 bits per heavy atom. The SMILES string of the molecule is [2H]C1C=CN(c2c(C)ccc3c2ccn3C2CCN(CC3CCN(C(=O)c4ccc(C5CN(c6cc(-c7ccccc7O)nnc6N)CCO5)c(C)c4)CC3)CC2)[C@@H]([2H])N1. The molecular formula is C46H55N9O3. The molecule has 0 spiro atoms. The molecule has 0 aliphatic carbocycles. The summed E-state index contributed by atoms with van der Waals surface area (Å²) >= 11 is 0. The molecule has 4 aliphatic heterocycles. The number of aryl methyl sites for hydroxylation is 2. The van der Waals surface area contributed by atoms with Gasteiger partial charge in [-0.05, 0) is 105 Å². The molecule has 2 unspecified atom stereocenters. The van der Waals surface area contributed by atoms with Gasteiger partial charge in [0.1, 0.15) is 11.9 Å². The third-order valence-corrected chi connectivity index (χ3v) is 12.6. The maximum Gasteiger partial charge on any atom is 0.253 e. The molecule has 0 radical (unpaired) electrons. The lowest BCUT2D eigenvalue weighted by Gasteiger charge is -2.38. The van der Waals surface area contributed by atoms with Crippen LogP contribution in [0.1, 0.15) is 67.6 Å². The van der Waals surface area contributed by atoms with Crippen LogP contribution >= 0.6 is 0 Å². The van der Waals surface area contributed by atoms with Crippen LogP contribution in [0.15, 0.2) is 85.2 Å². The summed E-state index contributed by atoms with van der Waals surface area (Å²) in [5.74, 6) is 1.12. The van der Waals surface area contributed by atoms with Gasteiger partial charge in [0.05, 0.1) is 37.2 Å². The van der Waals surface area contributed by atoms with Gasteiger partial charge in [-0.1, -0.05) is 30.3 Å².